The molecule has 18 heavy (non-hydrogen) atoms. The zero-order valence-electron chi connectivity index (χ0n) is 10.9. The molecule has 1 aromatic rings. The lowest BCUT2D eigenvalue weighted by atomic mass is 9.94. The average Bonchev–Trinajstić information content (AvgIpc) is 2.75. The number of nitrogens with one attached hydrogen (secondary N) is 2. The molecule has 1 unspecified atom stereocenters. The Balaban J connectivity index is 1.60. The van der Waals surface area contributed by atoms with Crippen LogP contribution < -0.4 is 10.6 Å². The smallest absolute Gasteiger partial charge is 0.167 e. The fourth-order valence-corrected chi connectivity index (χ4v) is 2.96. The van der Waals surface area contributed by atoms with Crippen molar-refractivity contribution in [2.45, 2.75) is 23.6 Å². The summed E-state index contributed by atoms with van der Waals surface area (Å²) in [7, 11) is 2.00. The van der Waals surface area contributed by atoms with Crippen LogP contribution in [0.5, 0.6) is 0 Å². The van der Waals surface area contributed by atoms with Crippen LogP contribution in [0.3, 0.4) is 0 Å². The zero-order valence-corrected chi connectivity index (χ0v) is 11.7. The van der Waals surface area contributed by atoms with E-state index in [0.29, 0.717) is 13.1 Å². The summed E-state index contributed by atoms with van der Waals surface area (Å²) < 4.78 is 2.02. The minimum atomic E-state index is -0.563. The number of aryl methyl sites for hydroxylation is 1. The van der Waals surface area contributed by atoms with Crippen molar-refractivity contribution in [3.8, 4) is 0 Å². The lowest BCUT2D eigenvalue weighted by molar-refractivity contribution is 0.0177. The van der Waals surface area contributed by atoms with Crippen LogP contribution >= 0.6 is 11.8 Å². The number of nitrogens with zero attached hydrogens (tertiary/aromatic N) is 2. The predicted octanol–water partition coefficient (Wildman–Crippen LogP) is 0.216. The van der Waals surface area contributed by atoms with Crippen LogP contribution in [0.2, 0.25) is 0 Å². The molecule has 0 bridgehead atoms. The molecule has 102 valence electrons. The maximum Gasteiger partial charge on any atom is 0.167 e. The van der Waals surface area contributed by atoms with Crippen LogP contribution in [0.4, 0.5) is 0 Å². The van der Waals surface area contributed by atoms with Crippen molar-refractivity contribution in [2.75, 3.05) is 31.9 Å². The lowest BCUT2D eigenvalue weighted by Crippen LogP contribution is -2.52. The normalized spacial score (nSPS) is 24.3. The van der Waals surface area contributed by atoms with Gasteiger partial charge in [-0.3, -0.25) is 0 Å². The summed E-state index contributed by atoms with van der Waals surface area (Å²) in [6, 6.07) is 0. The molecule has 1 atom stereocenters. The van der Waals surface area contributed by atoms with Gasteiger partial charge in [0.2, 0.25) is 0 Å². The van der Waals surface area contributed by atoms with Gasteiger partial charge in [0.25, 0.3) is 0 Å². The van der Waals surface area contributed by atoms with Gasteiger partial charge in [-0.2, -0.15) is 0 Å². The van der Waals surface area contributed by atoms with Crippen LogP contribution in [0.15, 0.2) is 17.6 Å². The van der Waals surface area contributed by atoms with Crippen LogP contribution in [-0.2, 0) is 7.05 Å². The first kappa shape index (κ1) is 13.9. The summed E-state index contributed by atoms with van der Waals surface area (Å²) >= 11 is 1.73. The molecule has 5 nitrogen and oxygen atoms in total. The number of thioether (sulfide) groups is 1. The van der Waals surface area contributed by atoms with Gasteiger partial charge in [0.05, 0.1) is 5.60 Å². The highest BCUT2D eigenvalue weighted by atomic mass is 32.2. The Morgan fingerprint density at radius 2 is 2.56 bits per heavy atom. The van der Waals surface area contributed by atoms with E-state index in [2.05, 4.69) is 15.6 Å². The molecule has 0 radical (unpaired) electrons. The second-order valence-electron chi connectivity index (χ2n) is 4.85. The number of aliphatic hydroxyl groups is 1. The van der Waals surface area contributed by atoms with E-state index in [1.165, 1.54) is 0 Å². The van der Waals surface area contributed by atoms with Crippen molar-refractivity contribution in [3.05, 3.63) is 12.4 Å². The summed E-state index contributed by atoms with van der Waals surface area (Å²) in [6.45, 7) is 3.28. The van der Waals surface area contributed by atoms with Crippen LogP contribution in [0, 0.1) is 0 Å². The number of rotatable bonds is 6. The molecule has 1 saturated heterocycles. The van der Waals surface area contributed by atoms with E-state index in [-0.39, 0.29) is 0 Å². The number of hydrogen-bond donors (Lipinski definition) is 3. The maximum absolute atomic E-state index is 10.3. The fraction of sp³-hybridized carbons (Fsp3) is 0.750. The Kier molecular flexibility index (Phi) is 5.05. The highest BCUT2D eigenvalue weighted by Gasteiger charge is 2.28. The molecule has 1 aliphatic rings. The van der Waals surface area contributed by atoms with Crippen molar-refractivity contribution in [3.63, 3.8) is 0 Å². The molecule has 1 aromatic heterocycles. The largest absolute Gasteiger partial charge is 0.387 e. The quantitative estimate of drug-likeness (QED) is 0.510. The van der Waals surface area contributed by atoms with E-state index >= 15 is 0 Å². The molecule has 2 heterocycles. The Morgan fingerprint density at radius 3 is 3.22 bits per heavy atom. The molecule has 6 heteroatoms. The first-order chi connectivity index (χ1) is 8.70. The number of aromatic nitrogens is 2. The monoisotopic (exact) mass is 270 g/mol. The SMILES string of the molecule is Cn1ccnc1SCCNCC1(O)CCCNC1. The number of piperidine rings is 1. The molecular weight excluding hydrogens is 248 g/mol. The highest BCUT2D eigenvalue weighted by molar-refractivity contribution is 7.99. The third-order valence-corrected chi connectivity index (χ3v) is 4.25. The third kappa shape index (κ3) is 3.98. The summed E-state index contributed by atoms with van der Waals surface area (Å²) in [5.41, 5.74) is -0.563. The Bertz CT molecular complexity index is 363. The average molecular weight is 270 g/mol. The summed E-state index contributed by atoms with van der Waals surface area (Å²) in [5, 5.41) is 17.9. The Labute approximate surface area is 112 Å². The van der Waals surface area contributed by atoms with Crippen molar-refractivity contribution < 1.29 is 5.11 Å². The number of hydrogen-bond acceptors (Lipinski definition) is 5. The first-order valence-electron chi connectivity index (χ1n) is 6.44. The van der Waals surface area contributed by atoms with Crippen molar-refractivity contribution >= 4 is 11.8 Å². The lowest BCUT2D eigenvalue weighted by Gasteiger charge is -2.32. The van der Waals surface area contributed by atoms with E-state index in [1.807, 2.05) is 24.0 Å². The molecule has 0 aliphatic carbocycles. The molecule has 1 fully saturated rings. The van der Waals surface area contributed by atoms with Crippen molar-refractivity contribution in [1.82, 2.24) is 20.2 Å². The highest BCUT2D eigenvalue weighted by Crippen LogP contribution is 2.15. The third-order valence-electron chi connectivity index (χ3n) is 3.19. The van der Waals surface area contributed by atoms with Gasteiger partial charge in [0.15, 0.2) is 5.16 Å². The van der Waals surface area contributed by atoms with E-state index < -0.39 is 5.60 Å². The van der Waals surface area contributed by atoms with Gasteiger partial charge in [-0.05, 0) is 19.4 Å². The van der Waals surface area contributed by atoms with Gasteiger partial charge in [0, 0.05) is 44.8 Å². The molecule has 0 aromatic carbocycles. The van der Waals surface area contributed by atoms with Crippen molar-refractivity contribution in [1.29, 1.82) is 0 Å². The standard InChI is InChI=1S/C12H22N4OS/c1-16-7-5-15-11(16)18-8-6-14-10-12(17)3-2-4-13-9-12/h5,7,13-14,17H,2-4,6,8-10H2,1H3. The van der Waals surface area contributed by atoms with Crippen molar-refractivity contribution in [2.24, 2.45) is 7.05 Å². The fourth-order valence-electron chi connectivity index (χ4n) is 2.13. The summed E-state index contributed by atoms with van der Waals surface area (Å²) in [4.78, 5) is 4.26. The maximum atomic E-state index is 10.3. The Hall–Kier alpha value is -0.560. The molecule has 0 spiro atoms. The van der Waals surface area contributed by atoms with Gasteiger partial charge in [-0.1, -0.05) is 11.8 Å². The van der Waals surface area contributed by atoms with Crippen LogP contribution in [0.25, 0.3) is 0 Å². The minimum Gasteiger partial charge on any atom is -0.387 e. The van der Waals surface area contributed by atoms with E-state index in [4.69, 9.17) is 0 Å². The molecular formula is C12H22N4OS. The van der Waals surface area contributed by atoms with E-state index in [1.54, 1.807) is 11.8 Å². The molecule has 0 saturated carbocycles. The predicted molar refractivity (Wildman–Crippen MR) is 73.9 cm³/mol. The topological polar surface area (TPSA) is 62.1 Å². The molecule has 3 N–H and O–H groups in total. The molecule has 0 amide bonds. The summed E-state index contributed by atoms with van der Waals surface area (Å²) in [6.07, 6.45) is 5.71. The van der Waals surface area contributed by atoms with Gasteiger partial charge >= 0.3 is 0 Å². The van der Waals surface area contributed by atoms with Crippen LogP contribution in [-0.4, -0.2) is 52.2 Å². The summed E-state index contributed by atoms with van der Waals surface area (Å²) in [5.74, 6) is 0.967. The minimum absolute atomic E-state index is 0.563. The van der Waals surface area contributed by atoms with E-state index in [9.17, 15) is 5.11 Å². The van der Waals surface area contributed by atoms with E-state index in [0.717, 1.165) is 36.8 Å². The molecule has 2 rings (SSSR count). The first-order valence-corrected chi connectivity index (χ1v) is 7.42. The van der Waals surface area contributed by atoms with Gasteiger partial charge in [-0.25, -0.2) is 4.98 Å². The van der Waals surface area contributed by atoms with Gasteiger partial charge in [0.1, 0.15) is 0 Å². The second-order valence-corrected chi connectivity index (χ2v) is 5.91. The van der Waals surface area contributed by atoms with Gasteiger partial charge in [-0.15, -0.1) is 0 Å². The number of imidazole rings is 1. The molecule has 1 aliphatic heterocycles. The van der Waals surface area contributed by atoms with Gasteiger partial charge < -0.3 is 20.3 Å². The number of β-amino-alcohol motifs (C(OH)–C–C–N with tert-alkyl or cyclic N) is 1. The van der Waals surface area contributed by atoms with Crippen LogP contribution in [0.1, 0.15) is 12.8 Å². The zero-order chi connectivity index (χ0) is 12.8. The Morgan fingerprint density at radius 1 is 1.67 bits per heavy atom. The second kappa shape index (κ2) is 6.56.